The van der Waals surface area contributed by atoms with Crippen molar-refractivity contribution in [2.45, 2.75) is 12.5 Å². The molecule has 3 aromatic rings. The van der Waals surface area contributed by atoms with E-state index in [0.717, 1.165) is 16.3 Å². The van der Waals surface area contributed by atoms with E-state index in [-0.39, 0.29) is 63.6 Å². The molecule has 0 aliphatic carbocycles. The van der Waals surface area contributed by atoms with Gasteiger partial charge < -0.3 is 10.2 Å². The van der Waals surface area contributed by atoms with Crippen LogP contribution < -0.4 is 56.5 Å². The first-order valence-corrected chi connectivity index (χ1v) is 7.64. The summed E-state index contributed by atoms with van der Waals surface area (Å²) in [5.41, 5.74) is 1.29. The number of aliphatic imine (C=N–C) groups is 1. The molecule has 0 bridgehead atoms. The molecule has 0 aromatic heterocycles. The second-order valence-corrected chi connectivity index (χ2v) is 5.50. The van der Waals surface area contributed by atoms with E-state index in [9.17, 15) is 9.90 Å². The van der Waals surface area contributed by atoms with Crippen molar-refractivity contribution < 1.29 is 66.4 Å². The summed E-state index contributed by atoms with van der Waals surface area (Å²) in [5, 5.41) is 23.1. The van der Waals surface area contributed by atoms with Crippen LogP contribution in [0.15, 0.2) is 71.7 Å². The quantitative estimate of drug-likeness (QED) is 0.535. The van der Waals surface area contributed by atoms with Crippen LogP contribution in [-0.4, -0.2) is 17.3 Å². The van der Waals surface area contributed by atoms with Crippen LogP contribution in [0.1, 0.15) is 23.6 Å². The number of hydrogen-bond donors (Lipinski definition) is 1. The first-order valence-electron chi connectivity index (χ1n) is 7.64. The van der Waals surface area contributed by atoms with Gasteiger partial charge in [0.2, 0.25) is 0 Å². The maximum Gasteiger partial charge on any atom is 1.00 e. The van der Waals surface area contributed by atoms with E-state index in [0.29, 0.717) is 5.56 Å². The van der Waals surface area contributed by atoms with Crippen molar-refractivity contribution in [1.82, 2.24) is 0 Å². The van der Waals surface area contributed by atoms with Gasteiger partial charge in [0.25, 0.3) is 0 Å². The van der Waals surface area contributed by atoms with Crippen molar-refractivity contribution in [1.29, 1.82) is 0 Å². The molecule has 0 aliphatic rings. The van der Waals surface area contributed by atoms with Crippen molar-refractivity contribution in [3.8, 4) is 5.75 Å². The molecule has 4 nitrogen and oxygen atoms in total. The van der Waals surface area contributed by atoms with E-state index in [1.807, 2.05) is 54.6 Å². The summed E-state index contributed by atoms with van der Waals surface area (Å²) in [4.78, 5) is 15.5. The smallest absolute Gasteiger partial charge is 0.872 e. The number of hydrogen-bond acceptors (Lipinski definition) is 3. The van der Waals surface area contributed by atoms with E-state index in [1.165, 1.54) is 12.3 Å². The van der Waals surface area contributed by atoms with E-state index in [2.05, 4.69) is 4.99 Å². The first-order chi connectivity index (χ1) is 11.6. The van der Waals surface area contributed by atoms with Crippen molar-refractivity contribution in [3.63, 3.8) is 0 Å². The van der Waals surface area contributed by atoms with Gasteiger partial charge >= 0.3 is 57.4 Å². The van der Waals surface area contributed by atoms with Gasteiger partial charge in [-0.15, -0.1) is 0 Å². The molecule has 0 saturated heterocycles. The second-order valence-electron chi connectivity index (χ2n) is 5.50. The molecule has 0 spiro atoms. The zero-order valence-electron chi connectivity index (χ0n) is 13.9. The van der Waals surface area contributed by atoms with Gasteiger partial charge in [-0.05, 0) is 21.9 Å². The van der Waals surface area contributed by atoms with Gasteiger partial charge in [0.15, 0.2) is 0 Å². The Hall–Kier alpha value is -1.50. The third-order valence-corrected chi connectivity index (χ3v) is 3.87. The SMILES string of the molecule is O=C(O)C[C@H](N=Cc1c([O-])ccc2ccccc12)c1ccccc1.[K+]. The number of carboxylic acid groups (broad SMARTS) is 1. The molecule has 25 heavy (non-hydrogen) atoms. The molecule has 0 saturated carbocycles. The molecule has 1 N–H and O–H groups in total. The van der Waals surface area contributed by atoms with Crippen LogP contribution in [0.25, 0.3) is 10.8 Å². The summed E-state index contributed by atoms with van der Waals surface area (Å²) >= 11 is 0. The molecular weight excluding hydrogens is 341 g/mol. The number of fused-ring (bicyclic) bond motifs is 1. The van der Waals surface area contributed by atoms with Crippen LogP contribution in [0.4, 0.5) is 0 Å². The average Bonchev–Trinajstić information content (AvgIpc) is 2.60. The summed E-state index contributed by atoms with van der Waals surface area (Å²) in [6.45, 7) is 0. The predicted molar refractivity (Wildman–Crippen MR) is 92.4 cm³/mol. The van der Waals surface area contributed by atoms with E-state index in [4.69, 9.17) is 5.11 Å². The molecule has 0 unspecified atom stereocenters. The van der Waals surface area contributed by atoms with Gasteiger partial charge in [0.05, 0.1) is 12.5 Å². The van der Waals surface area contributed by atoms with Crippen LogP contribution in [0.3, 0.4) is 0 Å². The molecule has 3 rings (SSSR count). The fourth-order valence-electron chi connectivity index (χ4n) is 2.67. The summed E-state index contributed by atoms with van der Waals surface area (Å²) in [6.07, 6.45) is 1.38. The van der Waals surface area contributed by atoms with Crippen LogP contribution in [0.2, 0.25) is 0 Å². The molecule has 5 heteroatoms. The van der Waals surface area contributed by atoms with Crippen LogP contribution in [0.5, 0.6) is 5.75 Å². The topological polar surface area (TPSA) is 72.7 Å². The molecule has 3 aromatic carbocycles. The maximum atomic E-state index is 12.2. The number of rotatable bonds is 5. The van der Waals surface area contributed by atoms with Crippen molar-refractivity contribution in [3.05, 3.63) is 77.9 Å². The Morgan fingerprint density at radius 2 is 1.72 bits per heavy atom. The van der Waals surface area contributed by atoms with Gasteiger partial charge in [-0.3, -0.25) is 9.79 Å². The monoisotopic (exact) mass is 357 g/mol. The number of benzene rings is 3. The molecule has 0 fully saturated rings. The van der Waals surface area contributed by atoms with E-state index < -0.39 is 12.0 Å². The molecule has 1 atom stereocenters. The zero-order valence-corrected chi connectivity index (χ0v) is 17.0. The predicted octanol–water partition coefficient (Wildman–Crippen LogP) is 0.552. The third-order valence-electron chi connectivity index (χ3n) is 3.87. The van der Waals surface area contributed by atoms with Gasteiger partial charge in [-0.25, -0.2) is 0 Å². The first kappa shape index (κ1) is 19.8. The standard InChI is InChI=1S/C20H17NO3.K/c22-19-11-10-14-6-4-5-9-16(14)17(19)13-21-18(12-20(23)24)15-7-2-1-3-8-15;/h1-11,13,18,22H,12H2,(H,23,24);/q;+1/p-1/t18-;/m0./s1. The molecule has 0 heterocycles. The van der Waals surface area contributed by atoms with Crippen molar-refractivity contribution >= 4 is 23.0 Å². The molecule has 120 valence electrons. The van der Waals surface area contributed by atoms with Gasteiger partial charge in [0.1, 0.15) is 0 Å². The summed E-state index contributed by atoms with van der Waals surface area (Å²) in [7, 11) is 0. The van der Waals surface area contributed by atoms with Gasteiger partial charge in [-0.2, -0.15) is 0 Å². The largest absolute Gasteiger partial charge is 1.00 e. The number of carboxylic acids is 1. The van der Waals surface area contributed by atoms with Crippen molar-refractivity contribution in [2.75, 3.05) is 0 Å². The molecule has 0 aliphatic heterocycles. The number of carbonyl (C=O) groups is 1. The van der Waals surface area contributed by atoms with Crippen LogP contribution in [0, 0.1) is 0 Å². The minimum Gasteiger partial charge on any atom is -0.872 e. The summed E-state index contributed by atoms with van der Waals surface area (Å²) < 4.78 is 0. The molecule has 0 amide bonds. The summed E-state index contributed by atoms with van der Waals surface area (Å²) in [5.74, 6) is -1.05. The number of aliphatic carboxylic acids is 1. The van der Waals surface area contributed by atoms with Crippen LogP contribution >= 0.6 is 0 Å². The van der Waals surface area contributed by atoms with Gasteiger partial charge in [0, 0.05) is 6.21 Å². The Kier molecular flexibility index (Phi) is 7.34. The Balaban J connectivity index is 0.00000225. The fraction of sp³-hybridized carbons (Fsp3) is 0.100. The van der Waals surface area contributed by atoms with Gasteiger partial charge in [-0.1, -0.05) is 72.5 Å². The fourth-order valence-corrected chi connectivity index (χ4v) is 2.67. The normalized spacial score (nSPS) is 12.0. The second kappa shape index (κ2) is 9.27. The van der Waals surface area contributed by atoms with Crippen LogP contribution in [-0.2, 0) is 4.79 Å². The molecular formula is C20H16KNO3. The Morgan fingerprint density at radius 3 is 2.44 bits per heavy atom. The molecule has 0 radical (unpaired) electrons. The minimum absolute atomic E-state index is 0. The zero-order chi connectivity index (χ0) is 16.9. The Bertz CT molecular complexity index is 894. The van der Waals surface area contributed by atoms with E-state index >= 15 is 0 Å². The van der Waals surface area contributed by atoms with Crippen molar-refractivity contribution in [2.24, 2.45) is 4.99 Å². The Labute approximate surface area is 188 Å². The summed E-state index contributed by atoms with van der Waals surface area (Å²) in [6, 6.07) is 19.6. The average molecular weight is 357 g/mol. The minimum atomic E-state index is -0.929. The maximum absolute atomic E-state index is 12.2. The third kappa shape index (κ3) is 5.00. The van der Waals surface area contributed by atoms with E-state index in [1.54, 1.807) is 6.07 Å². The Morgan fingerprint density at radius 1 is 1.04 bits per heavy atom. The number of nitrogens with zero attached hydrogens (tertiary/aromatic N) is 1.